The highest BCUT2D eigenvalue weighted by atomic mass is 79.9. The number of hydrogen-bond acceptors (Lipinski definition) is 7. The van der Waals surface area contributed by atoms with Gasteiger partial charge in [-0.3, -0.25) is 10.1 Å². The fraction of sp³-hybridized carbons (Fsp3) is 0. The number of amides is 1. The first-order valence-corrected chi connectivity index (χ1v) is 11.3. The van der Waals surface area contributed by atoms with Gasteiger partial charge in [0.1, 0.15) is 17.1 Å². The topological polar surface area (TPSA) is 97.4 Å². The number of thiocarbonyl (C=S) groups is 1. The van der Waals surface area contributed by atoms with Crippen LogP contribution in [0.25, 0.3) is 26.9 Å². The number of halogens is 1. The van der Waals surface area contributed by atoms with Crippen molar-refractivity contribution in [1.82, 2.24) is 25.1 Å². The maximum Gasteiger partial charge on any atom is 0.293 e. The maximum atomic E-state index is 12.5. The molecule has 32 heavy (non-hydrogen) atoms. The number of aromatic nitrogens is 4. The molecule has 0 saturated carbocycles. The predicted molar refractivity (Wildman–Crippen MR) is 130 cm³/mol. The van der Waals surface area contributed by atoms with Gasteiger partial charge in [-0.25, -0.2) is 0 Å². The second kappa shape index (κ2) is 8.61. The van der Waals surface area contributed by atoms with E-state index in [1.165, 1.54) is 11.3 Å². The van der Waals surface area contributed by atoms with Crippen LogP contribution in [0.15, 0.2) is 75.9 Å². The van der Waals surface area contributed by atoms with Crippen molar-refractivity contribution in [1.29, 1.82) is 0 Å². The number of carbonyl (C=O) groups excluding carboxylic acids is 1. The summed E-state index contributed by atoms with van der Waals surface area (Å²) in [6.07, 6.45) is 1.55. The van der Waals surface area contributed by atoms with Gasteiger partial charge in [0, 0.05) is 21.3 Å². The summed E-state index contributed by atoms with van der Waals surface area (Å²) in [7, 11) is 0. The fourth-order valence-corrected chi connectivity index (χ4v) is 4.25. The van der Waals surface area contributed by atoms with Gasteiger partial charge in [0.15, 0.2) is 10.9 Å². The lowest BCUT2D eigenvalue weighted by molar-refractivity contribution is 0.0951. The lowest BCUT2D eigenvalue weighted by atomic mass is 10.2. The molecule has 0 atom stereocenters. The Morgan fingerprint density at radius 2 is 1.94 bits per heavy atom. The number of anilines is 1. The Labute approximate surface area is 199 Å². The van der Waals surface area contributed by atoms with Crippen molar-refractivity contribution < 1.29 is 9.21 Å². The van der Waals surface area contributed by atoms with E-state index < -0.39 is 5.91 Å². The van der Waals surface area contributed by atoms with Gasteiger partial charge in [-0.1, -0.05) is 51.5 Å². The first-order chi connectivity index (χ1) is 15.5. The highest BCUT2D eigenvalue weighted by molar-refractivity contribution is 9.10. The molecule has 0 aliphatic heterocycles. The van der Waals surface area contributed by atoms with Crippen LogP contribution in [-0.2, 0) is 0 Å². The van der Waals surface area contributed by atoms with Crippen LogP contribution in [0.4, 0.5) is 5.69 Å². The van der Waals surface area contributed by atoms with E-state index in [4.69, 9.17) is 16.6 Å². The van der Waals surface area contributed by atoms with Gasteiger partial charge in [0.05, 0.1) is 0 Å². The first kappa shape index (κ1) is 20.5. The lowest BCUT2D eigenvalue weighted by Gasteiger charge is -2.09. The van der Waals surface area contributed by atoms with Crippen molar-refractivity contribution in [2.75, 3.05) is 5.32 Å². The Kier molecular flexibility index (Phi) is 5.52. The normalized spacial score (nSPS) is 10.9. The first-order valence-electron chi connectivity index (χ1n) is 9.30. The summed E-state index contributed by atoms with van der Waals surface area (Å²) in [6, 6.07) is 18.5. The Hall–Kier alpha value is -3.41. The molecular formula is C21H13BrN6O2S2. The van der Waals surface area contributed by atoms with Crippen molar-refractivity contribution in [2.24, 2.45) is 0 Å². The average Bonchev–Trinajstić information content (AvgIpc) is 3.51. The Morgan fingerprint density at radius 1 is 1.09 bits per heavy atom. The number of carbonyl (C=O) groups is 1. The Bertz CT molecular complexity index is 1410. The van der Waals surface area contributed by atoms with Gasteiger partial charge in [-0.15, -0.1) is 10.2 Å². The fourth-order valence-electron chi connectivity index (χ4n) is 2.96. The van der Waals surface area contributed by atoms with E-state index in [1.807, 2.05) is 48.5 Å². The summed E-state index contributed by atoms with van der Waals surface area (Å²) in [5.74, 6) is 0.329. The maximum absolute atomic E-state index is 12.5. The highest BCUT2D eigenvalue weighted by Gasteiger charge is 2.14. The Balaban J connectivity index is 1.25. The monoisotopic (exact) mass is 524 g/mol. The molecule has 0 fully saturated rings. The molecule has 0 radical (unpaired) electrons. The highest BCUT2D eigenvalue weighted by Crippen LogP contribution is 2.27. The minimum atomic E-state index is -0.435. The van der Waals surface area contributed by atoms with Gasteiger partial charge in [0.25, 0.3) is 5.91 Å². The lowest BCUT2D eigenvalue weighted by Crippen LogP contribution is -2.33. The van der Waals surface area contributed by atoms with Crippen LogP contribution in [0.5, 0.6) is 0 Å². The summed E-state index contributed by atoms with van der Waals surface area (Å²) < 4.78 is 8.27. The minimum Gasteiger partial charge on any atom is -0.451 e. The van der Waals surface area contributed by atoms with Gasteiger partial charge >= 0.3 is 0 Å². The molecule has 2 N–H and O–H groups in total. The van der Waals surface area contributed by atoms with Crippen LogP contribution < -0.4 is 10.6 Å². The van der Waals surface area contributed by atoms with Crippen molar-refractivity contribution in [3.8, 4) is 21.9 Å². The van der Waals surface area contributed by atoms with Crippen LogP contribution in [-0.4, -0.2) is 30.8 Å². The summed E-state index contributed by atoms with van der Waals surface area (Å²) in [5, 5.41) is 18.9. The minimum absolute atomic E-state index is 0.159. The third-order valence-electron chi connectivity index (χ3n) is 4.44. The molecule has 5 aromatic rings. The quantitative estimate of drug-likeness (QED) is 0.319. The van der Waals surface area contributed by atoms with Crippen LogP contribution in [0, 0.1) is 0 Å². The van der Waals surface area contributed by atoms with Crippen molar-refractivity contribution >= 4 is 61.2 Å². The van der Waals surface area contributed by atoms with Crippen LogP contribution >= 0.6 is 39.5 Å². The molecule has 0 unspecified atom stereocenters. The number of fused-ring (bicyclic) bond motifs is 1. The van der Waals surface area contributed by atoms with Crippen molar-refractivity contribution in [3.05, 3.63) is 77.2 Å². The third kappa shape index (κ3) is 4.31. The van der Waals surface area contributed by atoms with E-state index in [2.05, 4.69) is 41.9 Å². The molecule has 0 saturated heterocycles. The SMILES string of the molecule is O=C(NC(=S)Nc1cccc(-c2nn3cnnc3s2)c1)c1ccc(-c2ccc(Br)cc2)o1. The van der Waals surface area contributed by atoms with Crippen molar-refractivity contribution in [3.63, 3.8) is 0 Å². The van der Waals surface area contributed by atoms with Gasteiger partial charge < -0.3 is 9.73 Å². The average molecular weight is 525 g/mol. The number of furan rings is 1. The van der Waals surface area contributed by atoms with Crippen molar-refractivity contribution in [2.45, 2.75) is 0 Å². The molecule has 2 aromatic carbocycles. The summed E-state index contributed by atoms with van der Waals surface area (Å²) in [4.78, 5) is 13.2. The molecule has 1 amide bonds. The molecule has 0 aliphatic carbocycles. The molecule has 0 spiro atoms. The molecule has 8 nitrogen and oxygen atoms in total. The summed E-state index contributed by atoms with van der Waals surface area (Å²) in [5.41, 5.74) is 2.48. The smallest absolute Gasteiger partial charge is 0.293 e. The number of nitrogens with one attached hydrogen (secondary N) is 2. The second-order valence-electron chi connectivity index (χ2n) is 6.63. The number of benzene rings is 2. The second-order valence-corrected chi connectivity index (χ2v) is 8.91. The predicted octanol–water partition coefficient (Wildman–Crippen LogP) is 5.00. The van der Waals surface area contributed by atoms with Crippen LogP contribution in [0.1, 0.15) is 10.6 Å². The van der Waals surface area contributed by atoms with E-state index >= 15 is 0 Å². The van der Waals surface area contributed by atoms with Gasteiger partial charge in [-0.2, -0.15) is 9.61 Å². The number of rotatable bonds is 4. The standard InChI is InChI=1S/C21H13BrN6O2S2/c22-14-6-4-12(5-7-14)16-8-9-17(30-16)18(29)25-20(31)24-15-3-1-2-13(10-15)19-27-28-11-23-26-21(28)32-19/h1-11H,(H2,24,25,29,31). The zero-order valence-corrected chi connectivity index (χ0v) is 19.4. The van der Waals surface area contributed by atoms with E-state index in [1.54, 1.807) is 23.0 Å². The molecule has 5 rings (SSSR count). The van der Waals surface area contributed by atoms with E-state index in [0.717, 1.165) is 20.6 Å². The zero-order chi connectivity index (χ0) is 22.1. The molecule has 11 heteroatoms. The van der Waals surface area contributed by atoms with E-state index in [-0.39, 0.29) is 10.9 Å². The van der Waals surface area contributed by atoms with E-state index in [9.17, 15) is 4.79 Å². The molecule has 0 aliphatic rings. The molecular weight excluding hydrogens is 512 g/mol. The van der Waals surface area contributed by atoms with E-state index in [0.29, 0.717) is 16.4 Å². The van der Waals surface area contributed by atoms with Crippen LogP contribution in [0.3, 0.4) is 0 Å². The van der Waals surface area contributed by atoms with Gasteiger partial charge in [-0.05, 0) is 48.6 Å². The molecule has 3 aromatic heterocycles. The molecule has 3 heterocycles. The molecule has 158 valence electrons. The third-order valence-corrected chi connectivity index (χ3v) is 6.13. The number of nitrogens with zero attached hydrogens (tertiary/aromatic N) is 4. The Morgan fingerprint density at radius 3 is 2.75 bits per heavy atom. The largest absolute Gasteiger partial charge is 0.451 e. The zero-order valence-electron chi connectivity index (χ0n) is 16.2. The summed E-state index contributed by atoms with van der Waals surface area (Å²) >= 11 is 10.1. The number of hydrogen-bond donors (Lipinski definition) is 2. The van der Waals surface area contributed by atoms with Crippen LogP contribution in [0.2, 0.25) is 0 Å². The van der Waals surface area contributed by atoms with Gasteiger partial charge in [0.2, 0.25) is 4.96 Å². The molecule has 0 bridgehead atoms. The summed E-state index contributed by atoms with van der Waals surface area (Å²) in [6.45, 7) is 0.